The number of hydrogen-bond donors (Lipinski definition) is 1. The van der Waals surface area contributed by atoms with Crippen molar-refractivity contribution in [1.29, 1.82) is 5.26 Å². The van der Waals surface area contributed by atoms with Gasteiger partial charge in [-0.15, -0.1) is 11.8 Å². The second kappa shape index (κ2) is 8.83. The van der Waals surface area contributed by atoms with Gasteiger partial charge in [0.05, 0.1) is 29.6 Å². The van der Waals surface area contributed by atoms with Gasteiger partial charge in [0.25, 0.3) is 5.91 Å². The van der Waals surface area contributed by atoms with Gasteiger partial charge in [0.1, 0.15) is 6.04 Å². The molecule has 1 aromatic carbocycles. The van der Waals surface area contributed by atoms with E-state index in [2.05, 4.69) is 28.5 Å². The van der Waals surface area contributed by atoms with Crippen molar-refractivity contribution < 1.29 is 9.59 Å². The van der Waals surface area contributed by atoms with Crippen molar-refractivity contribution in [2.45, 2.75) is 44.1 Å². The van der Waals surface area contributed by atoms with Crippen LogP contribution in [0.1, 0.15) is 53.9 Å². The predicted molar refractivity (Wildman–Crippen MR) is 113 cm³/mol. The van der Waals surface area contributed by atoms with E-state index in [1.165, 1.54) is 42.6 Å². The van der Waals surface area contributed by atoms with Crippen molar-refractivity contribution in [3.05, 3.63) is 41.6 Å². The molecule has 1 aliphatic heterocycles. The lowest BCUT2D eigenvalue weighted by Crippen LogP contribution is -2.42. The molecule has 0 radical (unpaired) electrons. The van der Waals surface area contributed by atoms with Crippen molar-refractivity contribution in [2.75, 3.05) is 18.2 Å². The van der Waals surface area contributed by atoms with Crippen molar-refractivity contribution in [1.82, 2.24) is 15.2 Å². The summed E-state index contributed by atoms with van der Waals surface area (Å²) in [6.07, 6.45) is 7.82. The number of nitrogens with one attached hydrogen (secondary N) is 1. The van der Waals surface area contributed by atoms with Crippen LogP contribution in [0, 0.1) is 11.3 Å². The highest BCUT2D eigenvalue weighted by molar-refractivity contribution is 7.99. The molecule has 2 fully saturated rings. The Kier molecular flexibility index (Phi) is 6.00. The Bertz CT molecular complexity index is 965. The molecule has 1 N–H and O–H groups in total. The Balaban J connectivity index is 1.51. The molecule has 1 unspecified atom stereocenters. The number of carbonyl (C=O) groups excluding carboxylic acids is 2. The van der Waals surface area contributed by atoms with Gasteiger partial charge < -0.3 is 10.2 Å². The van der Waals surface area contributed by atoms with Crippen LogP contribution in [0.2, 0.25) is 0 Å². The zero-order chi connectivity index (χ0) is 20.2. The van der Waals surface area contributed by atoms with E-state index in [0.29, 0.717) is 23.1 Å². The highest BCUT2D eigenvalue weighted by atomic mass is 32.2. The zero-order valence-electron chi connectivity index (χ0n) is 16.3. The minimum absolute atomic E-state index is 0.107. The fourth-order valence-corrected chi connectivity index (χ4v) is 5.30. The summed E-state index contributed by atoms with van der Waals surface area (Å²) in [6.45, 7) is -0.107. The largest absolute Gasteiger partial charge is 0.343 e. The van der Waals surface area contributed by atoms with E-state index < -0.39 is 6.04 Å². The lowest BCUT2D eigenvalue weighted by molar-refractivity contribution is -0.129. The number of nitriles is 1. The molecule has 1 aliphatic carbocycles. The number of pyridine rings is 1. The van der Waals surface area contributed by atoms with Gasteiger partial charge in [0.15, 0.2) is 0 Å². The lowest BCUT2D eigenvalue weighted by Gasteiger charge is -2.22. The topological polar surface area (TPSA) is 86.1 Å². The van der Waals surface area contributed by atoms with E-state index in [1.54, 1.807) is 24.0 Å². The number of carbonyl (C=O) groups is 2. The Morgan fingerprint density at radius 2 is 2.07 bits per heavy atom. The highest BCUT2D eigenvalue weighted by Crippen LogP contribution is 2.34. The fourth-order valence-electron chi connectivity index (χ4n) is 4.20. The summed E-state index contributed by atoms with van der Waals surface area (Å²) in [7, 11) is 0. The number of hydrogen-bond acceptors (Lipinski definition) is 5. The summed E-state index contributed by atoms with van der Waals surface area (Å²) < 4.78 is 0. The van der Waals surface area contributed by atoms with Crippen LogP contribution in [0.4, 0.5) is 0 Å². The molecule has 2 aromatic rings. The van der Waals surface area contributed by atoms with Crippen LogP contribution in [-0.2, 0) is 4.79 Å². The quantitative estimate of drug-likeness (QED) is 0.838. The van der Waals surface area contributed by atoms with Crippen LogP contribution in [0.5, 0.6) is 0 Å². The molecule has 7 heteroatoms. The van der Waals surface area contributed by atoms with Crippen LogP contribution >= 0.6 is 11.8 Å². The summed E-state index contributed by atoms with van der Waals surface area (Å²) in [5.41, 5.74) is 2.58. The second-order valence-electron chi connectivity index (χ2n) is 7.66. The average Bonchev–Trinajstić information content (AvgIpc) is 3.26. The number of rotatable bonds is 4. The molecule has 1 saturated heterocycles. The Morgan fingerprint density at radius 1 is 1.24 bits per heavy atom. The minimum Gasteiger partial charge on any atom is -0.343 e. The maximum atomic E-state index is 12.8. The van der Waals surface area contributed by atoms with E-state index in [9.17, 15) is 9.59 Å². The van der Waals surface area contributed by atoms with Crippen molar-refractivity contribution in [3.8, 4) is 6.07 Å². The normalized spacial score (nSPS) is 19.8. The van der Waals surface area contributed by atoms with Crippen molar-refractivity contribution in [3.63, 3.8) is 0 Å². The molecule has 2 amide bonds. The fraction of sp³-hybridized carbons (Fsp3) is 0.455. The van der Waals surface area contributed by atoms with Crippen LogP contribution in [0.3, 0.4) is 0 Å². The van der Waals surface area contributed by atoms with E-state index in [1.807, 2.05) is 6.07 Å². The molecule has 1 saturated carbocycles. The van der Waals surface area contributed by atoms with E-state index in [0.717, 1.165) is 10.9 Å². The molecule has 1 atom stereocenters. The van der Waals surface area contributed by atoms with Crippen LogP contribution < -0.4 is 5.32 Å². The first-order valence-corrected chi connectivity index (χ1v) is 11.3. The molecule has 0 bridgehead atoms. The molecule has 0 spiro atoms. The minimum atomic E-state index is -0.413. The molecule has 2 aliphatic rings. The van der Waals surface area contributed by atoms with Gasteiger partial charge in [-0.05, 0) is 42.5 Å². The molecule has 1 aromatic heterocycles. The summed E-state index contributed by atoms with van der Waals surface area (Å²) in [5.74, 6) is 1.15. The van der Waals surface area contributed by atoms with E-state index >= 15 is 0 Å². The van der Waals surface area contributed by atoms with Crippen LogP contribution in [0.15, 0.2) is 30.5 Å². The van der Waals surface area contributed by atoms with Gasteiger partial charge in [0.2, 0.25) is 5.91 Å². The number of nitrogens with zero attached hydrogens (tertiary/aromatic N) is 3. The van der Waals surface area contributed by atoms with Gasteiger partial charge in [-0.2, -0.15) is 5.26 Å². The summed E-state index contributed by atoms with van der Waals surface area (Å²) in [4.78, 5) is 31.2. The first-order valence-electron chi connectivity index (χ1n) is 10.1. The number of aromatic nitrogens is 1. The SMILES string of the molecule is N#CC1CSCN1C(=O)CNC(=O)c1ccnc2ccc(C3CCCCC3)cc12. The molecule has 4 rings (SSSR count). The smallest absolute Gasteiger partial charge is 0.252 e. The number of fused-ring (bicyclic) bond motifs is 1. The zero-order valence-corrected chi connectivity index (χ0v) is 17.1. The first kappa shape index (κ1) is 19.7. The molecule has 2 heterocycles. The lowest BCUT2D eigenvalue weighted by atomic mass is 9.83. The van der Waals surface area contributed by atoms with Gasteiger partial charge in [-0.1, -0.05) is 25.3 Å². The maximum Gasteiger partial charge on any atom is 0.252 e. The van der Waals surface area contributed by atoms with Crippen LogP contribution in [-0.4, -0.2) is 45.9 Å². The number of benzene rings is 1. The predicted octanol–water partition coefficient (Wildman–Crippen LogP) is 3.44. The standard InChI is InChI=1S/C22H24N4O2S/c23-11-17-13-29-14-26(17)21(27)12-25-22(28)18-8-9-24-20-7-6-16(10-19(18)20)15-4-2-1-3-5-15/h6-10,15,17H,1-5,12-14H2,(H,25,28). The molecule has 6 nitrogen and oxygen atoms in total. The Hall–Kier alpha value is -2.59. The summed E-state index contributed by atoms with van der Waals surface area (Å²) >= 11 is 1.55. The Labute approximate surface area is 174 Å². The average molecular weight is 409 g/mol. The van der Waals surface area contributed by atoms with Gasteiger partial charge in [-0.3, -0.25) is 14.6 Å². The monoisotopic (exact) mass is 408 g/mol. The van der Waals surface area contributed by atoms with Gasteiger partial charge >= 0.3 is 0 Å². The number of thioether (sulfide) groups is 1. The third-order valence-corrected chi connectivity index (χ3v) is 6.85. The third-order valence-electron chi connectivity index (χ3n) is 5.84. The van der Waals surface area contributed by atoms with Crippen molar-refractivity contribution >= 4 is 34.5 Å². The van der Waals surface area contributed by atoms with Gasteiger partial charge in [0, 0.05) is 17.3 Å². The Morgan fingerprint density at radius 3 is 2.86 bits per heavy atom. The van der Waals surface area contributed by atoms with E-state index in [-0.39, 0.29) is 18.4 Å². The van der Waals surface area contributed by atoms with E-state index in [4.69, 9.17) is 5.26 Å². The summed E-state index contributed by atoms with van der Waals surface area (Å²) in [5, 5.41) is 12.7. The molecular formula is C22H24N4O2S. The molecule has 29 heavy (non-hydrogen) atoms. The van der Waals surface area contributed by atoms with Gasteiger partial charge in [-0.25, -0.2) is 0 Å². The second-order valence-corrected chi connectivity index (χ2v) is 8.66. The number of amides is 2. The summed E-state index contributed by atoms with van der Waals surface area (Å²) in [6, 6.07) is 9.64. The third kappa shape index (κ3) is 4.23. The maximum absolute atomic E-state index is 12.8. The highest BCUT2D eigenvalue weighted by Gasteiger charge is 2.29. The first-order chi connectivity index (χ1) is 14.2. The van der Waals surface area contributed by atoms with Crippen molar-refractivity contribution in [2.24, 2.45) is 0 Å². The molecular weight excluding hydrogens is 384 g/mol. The molecule has 150 valence electrons. The van der Waals surface area contributed by atoms with Crippen LogP contribution in [0.25, 0.3) is 10.9 Å².